The number of ether oxygens (including phenoxy) is 2. The average molecular weight is 1870 g/mol. The molecule has 22 nitrogen and oxygen atoms in total. The van der Waals surface area contributed by atoms with E-state index in [4.69, 9.17) is 37.1 Å². The Morgan fingerprint density at radius 3 is 0.920 bits per heavy atom. The number of nitrogens with one attached hydrogen (secondary N) is 4. The third-order valence-electron chi connectivity index (χ3n) is 26.1. The fourth-order valence-corrected chi connectivity index (χ4v) is 18.7. The molecule has 8 aromatic carbocycles. The van der Waals surface area contributed by atoms with Crippen LogP contribution in [0.15, 0.2) is 261 Å². The van der Waals surface area contributed by atoms with E-state index in [1.165, 1.54) is 106 Å². The third-order valence-corrected chi connectivity index (χ3v) is 26.1. The van der Waals surface area contributed by atoms with E-state index >= 15 is 0 Å². The highest BCUT2D eigenvalue weighted by Gasteiger charge is 2.33. The van der Waals surface area contributed by atoms with Gasteiger partial charge in [-0.1, -0.05) is 107 Å². The molecule has 4 saturated carbocycles. The molecule has 4 aliphatic carbocycles. The van der Waals surface area contributed by atoms with Gasteiger partial charge in [0.2, 0.25) is 0 Å². The number of para-hydroxylation sites is 1. The molecule has 8 heterocycles. The predicted octanol–water partition coefficient (Wildman–Crippen LogP) is 28.4. The topological polar surface area (TPSA) is 259 Å². The maximum Gasteiger partial charge on any atom is 0.291 e. The number of imidazole rings is 4. The monoisotopic (exact) mass is 1870 g/mol. The molecular weight excluding hydrogens is 1760 g/mol. The SMILES string of the molecule is COc1cc(NC(=O)c2ccc(-c3c(-c4ccc(F)cc4)ncn3C3CCCCC3)o2)cc(OC)c1.Cc1cccc(C)c1NC(=O)c1ccc(-c2c(-c3ccc(F)cc3)ncn2C2CCCCC2)o1.Cc1cccc(NC(=O)c2ccc(-c3c(-c4ccc(F)cc4)ncn3C3CCCCC3)o2)c1C.O=C(Nc1ccc(F)cc1F)c1ccc(-c2c(-c3ccc(F)cc3)ncn2C2CCCCC2)o1. The summed E-state index contributed by atoms with van der Waals surface area (Å²) in [5, 5.41) is 11.2. The van der Waals surface area contributed by atoms with E-state index in [0.29, 0.717) is 81.5 Å². The molecule has 8 aromatic heterocycles. The smallest absolute Gasteiger partial charge is 0.291 e. The Labute approximate surface area is 794 Å². The Kier molecular flexibility index (Phi) is 29.6. The Bertz CT molecular complexity index is 6910. The lowest BCUT2D eigenvalue weighted by Crippen LogP contribution is -2.13. The van der Waals surface area contributed by atoms with Crippen LogP contribution in [0.2, 0.25) is 0 Å². The van der Waals surface area contributed by atoms with Gasteiger partial charge in [-0.3, -0.25) is 19.2 Å². The molecule has 4 fully saturated rings. The molecule has 0 atom stereocenters. The number of aryl methyl sites for hydroxylation is 3. The summed E-state index contributed by atoms with van der Waals surface area (Å²) in [7, 11) is 3.10. The minimum atomic E-state index is -0.880. The lowest BCUT2D eigenvalue weighted by atomic mass is 9.95. The summed E-state index contributed by atoms with van der Waals surface area (Å²) >= 11 is 0. The Morgan fingerprint density at radius 2 is 0.601 bits per heavy atom. The molecule has 708 valence electrons. The number of furan rings is 4. The van der Waals surface area contributed by atoms with Crippen LogP contribution in [0.3, 0.4) is 0 Å². The van der Waals surface area contributed by atoms with E-state index in [1.54, 1.807) is 118 Å². The summed E-state index contributed by atoms with van der Waals surface area (Å²) in [6.07, 6.45) is 29.9. The molecule has 4 N–H and O–H groups in total. The quantitative estimate of drug-likeness (QED) is 0.0460. The summed E-state index contributed by atoms with van der Waals surface area (Å²) in [6.45, 7) is 7.93. The van der Waals surface area contributed by atoms with Crippen molar-refractivity contribution >= 4 is 46.4 Å². The van der Waals surface area contributed by atoms with Gasteiger partial charge in [-0.25, -0.2) is 46.3 Å². The number of benzene rings is 8. The van der Waals surface area contributed by atoms with Gasteiger partial charge in [0.1, 0.15) is 69.2 Å². The number of methoxy groups -OCH3 is 2. The van der Waals surface area contributed by atoms with Gasteiger partial charge in [-0.15, -0.1) is 0 Å². The van der Waals surface area contributed by atoms with Gasteiger partial charge >= 0.3 is 0 Å². The van der Waals surface area contributed by atoms with Crippen LogP contribution < -0.4 is 30.7 Å². The van der Waals surface area contributed by atoms with E-state index in [-0.39, 0.29) is 69.9 Å². The number of hydrogen-bond donors (Lipinski definition) is 4. The number of hydrogen-bond acceptors (Lipinski definition) is 14. The molecule has 0 saturated heterocycles. The summed E-state index contributed by atoms with van der Waals surface area (Å²) in [5.74, 6) is -0.675. The molecular formula is C110H106F6N12O10. The summed E-state index contributed by atoms with van der Waals surface area (Å²) in [5.41, 5.74) is 15.1. The second-order valence-electron chi connectivity index (χ2n) is 35.3. The molecule has 20 rings (SSSR count). The zero-order valence-corrected chi connectivity index (χ0v) is 77.5. The van der Waals surface area contributed by atoms with Crippen molar-refractivity contribution in [1.29, 1.82) is 0 Å². The number of carbonyl (C=O) groups is 4. The highest BCUT2D eigenvalue weighted by Crippen LogP contribution is 2.45. The number of amides is 4. The van der Waals surface area contributed by atoms with Gasteiger partial charge in [-0.05, 0) is 265 Å². The maximum atomic E-state index is 14.0. The predicted molar refractivity (Wildman–Crippen MR) is 519 cm³/mol. The minimum Gasteiger partial charge on any atom is -0.497 e. The normalized spacial score (nSPS) is 14.2. The van der Waals surface area contributed by atoms with E-state index < -0.39 is 23.4 Å². The highest BCUT2D eigenvalue weighted by atomic mass is 19.1. The minimum absolute atomic E-state index is 0.0276. The van der Waals surface area contributed by atoms with Crippen LogP contribution in [0.5, 0.6) is 11.5 Å². The first-order valence-electron chi connectivity index (χ1n) is 46.8. The first-order valence-corrected chi connectivity index (χ1v) is 46.8. The number of anilines is 4. The summed E-state index contributed by atoms with van der Waals surface area (Å²) in [4.78, 5) is 70.4. The summed E-state index contributed by atoms with van der Waals surface area (Å²) in [6, 6.07) is 59.5. The van der Waals surface area contributed by atoms with Crippen molar-refractivity contribution in [3.05, 3.63) is 324 Å². The molecule has 16 aromatic rings. The van der Waals surface area contributed by atoms with E-state index in [2.05, 4.69) is 49.5 Å². The Balaban J connectivity index is 0.000000127. The largest absolute Gasteiger partial charge is 0.497 e. The van der Waals surface area contributed by atoms with Crippen molar-refractivity contribution in [2.45, 2.75) is 180 Å². The van der Waals surface area contributed by atoms with Crippen LogP contribution in [0.1, 0.15) is 217 Å². The first-order chi connectivity index (χ1) is 67.1. The molecule has 28 heteroatoms. The van der Waals surface area contributed by atoms with Gasteiger partial charge in [0, 0.05) is 87.7 Å². The number of aromatic nitrogens is 8. The van der Waals surface area contributed by atoms with Crippen LogP contribution in [-0.2, 0) is 0 Å². The Morgan fingerprint density at radius 1 is 0.312 bits per heavy atom. The fourth-order valence-electron chi connectivity index (χ4n) is 18.7. The van der Waals surface area contributed by atoms with Crippen molar-refractivity contribution < 1.29 is 72.7 Å². The first kappa shape index (κ1) is 94.5. The van der Waals surface area contributed by atoms with Crippen molar-refractivity contribution in [2.24, 2.45) is 0 Å². The lowest BCUT2D eigenvalue weighted by Gasteiger charge is -2.24. The van der Waals surface area contributed by atoms with Crippen LogP contribution in [-0.4, -0.2) is 76.1 Å². The molecule has 0 unspecified atom stereocenters. The number of nitrogens with zero attached hydrogens (tertiary/aromatic N) is 8. The zero-order chi connectivity index (χ0) is 96.0. The summed E-state index contributed by atoms with van der Waals surface area (Å²) < 4.78 is 125. The van der Waals surface area contributed by atoms with Gasteiger partial charge in [0.05, 0.1) is 68.0 Å². The molecule has 4 amide bonds. The third kappa shape index (κ3) is 21.8. The number of rotatable bonds is 22. The molecule has 0 radical (unpaired) electrons. The van der Waals surface area contributed by atoms with E-state index in [1.807, 2.05) is 95.2 Å². The van der Waals surface area contributed by atoms with Gasteiger partial charge in [0.25, 0.3) is 23.6 Å². The van der Waals surface area contributed by atoms with E-state index in [0.717, 1.165) is 174 Å². The zero-order valence-electron chi connectivity index (χ0n) is 77.5. The Hall–Kier alpha value is -15.2. The van der Waals surface area contributed by atoms with Crippen molar-refractivity contribution in [2.75, 3.05) is 35.5 Å². The van der Waals surface area contributed by atoms with Gasteiger partial charge in [-0.2, -0.15) is 0 Å². The molecule has 0 spiro atoms. The second-order valence-corrected chi connectivity index (χ2v) is 35.3. The second kappa shape index (κ2) is 43.2. The van der Waals surface area contributed by atoms with Crippen LogP contribution in [0, 0.1) is 62.6 Å². The average Bonchev–Trinajstić information content (AvgIpc) is 1.64. The van der Waals surface area contributed by atoms with Crippen LogP contribution in [0.4, 0.5) is 49.1 Å². The van der Waals surface area contributed by atoms with Gasteiger partial charge in [0.15, 0.2) is 46.1 Å². The van der Waals surface area contributed by atoms with Crippen molar-refractivity contribution in [3.63, 3.8) is 0 Å². The van der Waals surface area contributed by atoms with E-state index in [9.17, 15) is 45.5 Å². The maximum absolute atomic E-state index is 14.0. The molecule has 0 bridgehead atoms. The van der Waals surface area contributed by atoms with Crippen molar-refractivity contribution in [1.82, 2.24) is 38.2 Å². The fraction of sp³-hybridized carbons (Fsp3) is 0.273. The standard InChI is InChI=1S/C28H28FN3O4.2C28H28FN3O2.C26H22F3N3O2/c1-34-22-14-20(15-23(16-22)35-2)31-28(33)25-13-12-24(36-25)27-26(18-8-10-19(29)11-9-18)30-17-32(27)21-6-4-3-5-7-21;1-18-7-6-8-19(2)25(18)31-28(33)24-16-15-23(34-24)27-26(20-11-13-21(29)14-12-20)30-17-32(27)22-9-4-3-5-10-22;1-18-7-6-10-23(19(18)2)31-28(33)25-16-15-24(34-25)27-26(20-11-13-21(29)14-12-20)30-17-32(27)22-8-4-3-5-9-22;27-17-8-6-16(7-9-17)24-25(32(15-30-24)19-4-2-1-3-5-19)22-12-13-23(34-22)26(33)31-21-11-10-18(28)14-20(21)29/h8-17,21H,3-7H2,1-2H3,(H,31,33);6-8,11-17,22H,3-5,9-10H2,1-2H3,(H,31,33);6-7,10-17,22H,3-5,8-9H2,1-2H3,(H,31,33);6-15,19H,1-5H2,(H,31,33). The van der Waals surface area contributed by atoms with Crippen LogP contribution in [0.25, 0.3) is 90.8 Å². The number of carbonyl (C=O) groups excluding carboxylic acids is 4. The van der Waals surface area contributed by atoms with Gasteiger partial charge < -0.3 is 66.7 Å². The molecule has 0 aliphatic heterocycles. The lowest BCUT2D eigenvalue weighted by molar-refractivity contribution is 0.0989. The molecule has 138 heavy (non-hydrogen) atoms. The van der Waals surface area contributed by atoms with Crippen molar-refractivity contribution in [3.8, 4) is 102 Å². The van der Waals surface area contributed by atoms with Crippen LogP contribution >= 0.6 is 0 Å². The number of halogens is 6. The molecule has 4 aliphatic rings. The highest BCUT2D eigenvalue weighted by molar-refractivity contribution is 6.06.